The number of hydrogen-bond acceptors (Lipinski definition) is 3. The van der Waals surface area contributed by atoms with E-state index in [0.717, 1.165) is 74.5 Å². The van der Waals surface area contributed by atoms with E-state index >= 15 is 0 Å². The maximum absolute atomic E-state index is 13.6. The molecule has 3 aromatic carbocycles. The van der Waals surface area contributed by atoms with Gasteiger partial charge in [0.25, 0.3) is 0 Å². The molecule has 1 aromatic heterocycles. The summed E-state index contributed by atoms with van der Waals surface area (Å²) in [4.78, 5) is 4.96. The Morgan fingerprint density at radius 2 is 1.33 bits per heavy atom. The molecule has 0 aliphatic carbocycles. The van der Waals surface area contributed by atoms with Crippen LogP contribution < -0.4 is 0 Å². The third-order valence-electron chi connectivity index (χ3n) is 7.68. The Hall–Kier alpha value is -3.35. The molecule has 4 nitrogen and oxygen atoms in total. The number of para-hydroxylation sites is 1. The van der Waals surface area contributed by atoms with Gasteiger partial charge in [0.05, 0.1) is 17.4 Å². The van der Waals surface area contributed by atoms with E-state index in [1.54, 1.807) is 0 Å². The molecular weight excluding hydrogens is 490 g/mol. The fourth-order valence-corrected chi connectivity index (χ4v) is 5.55. The van der Waals surface area contributed by atoms with Crippen LogP contribution in [0.3, 0.4) is 0 Å². The summed E-state index contributed by atoms with van der Waals surface area (Å²) in [7, 11) is 0. The van der Waals surface area contributed by atoms with Gasteiger partial charge in [-0.3, -0.25) is 4.90 Å². The molecule has 1 aliphatic heterocycles. The number of nitrogens with zero attached hydrogens (tertiary/aromatic N) is 4. The van der Waals surface area contributed by atoms with Crippen molar-refractivity contribution < 1.29 is 8.78 Å². The molecule has 0 N–H and O–H groups in total. The molecule has 1 saturated heterocycles. The predicted molar refractivity (Wildman–Crippen MR) is 153 cm³/mol. The van der Waals surface area contributed by atoms with Crippen molar-refractivity contribution in [1.29, 1.82) is 0 Å². The topological polar surface area (TPSA) is 24.3 Å². The van der Waals surface area contributed by atoms with Crippen LogP contribution in [-0.2, 0) is 6.42 Å². The van der Waals surface area contributed by atoms with Gasteiger partial charge in [0.1, 0.15) is 11.6 Å². The molecule has 39 heavy (non-hydrogen) atoms. The second kappa shape index (κ2) is 12.7. The van der Waals surface area contributed by atoms with Crippen molar-refractivity contribution in [3.05, 3.63) is 119 Å². The van der Waals surface area contributed by atoms with Crippen LogP contribution in [0.1, 0.15) is 61.2 Å². The van der Waals surface area contributed by atoms with Crippen molar-refractivity contribution in [2.45, 2.75) is 45.1 Å². The highest BCUT2D eigenvalue weighted by Crippen LogP contribution is 2.30. The van der Waals surface area contributed by atoms with Crippen molar-refractivity contribution in [2.75, 3.05) is 32.7 Å². The second-order valence-electron chi connectivity index (χ2n) is 10.8. The number of benzene rings is 3. The number of aryl methyl sites for hydroxylation is 1. The molecule has 0 saturated carbocycles. The Morgan fingerprint density at radius 3 is 1.90 bits per heavy atom. The van der Waals surface area contributed by atoms with Crippen molar-refractivity contribution in [3.63, 3.8) is 0 Å². The summed E-state index contributed by atoms with van der Waals surface area (Å²) >= 11 is 0. The van der Waals surface area contributed by atoms with Crippen LogP contribution in [0.5, 0.6) is 0 Å². The average molecular weight is 529 g/mol. The highest BCUT2D eigenvalue weighted by Gasteiger charge is 2.26. The fourth-order valence-electron chi connectivity index (χ4n) is 5.55. The van der Waals surface area contributed by atoms with Crippen LogP contribution in [0.15, 0.2) is 84.9 Å². The molecule has 6 heteroatoms. The Balaban J connectivity index is 1.15. The van der Waals surface area contributed by atoms with Gasteiger partial charge in [-0.15, -0.1) is 0 Å². The molecule has 1 aliphatic rings. The molecule has 0 unspecified atom stereocenters. The van der Waals surface area contributed by atoms with Gasteiger partial charge in [-0.25, -0.2) is 13.5 Å². The molecule has 4 aromatic rings. The van der Waals surface area contributed by atoms with Gasteiger partial charge in [0, 0.05) is 31.9 Å². The third kappa shape index (κ3) is 6.81. The molecule has 1 fully saturated rings. The van der Waals surface area contributed by atoms with Crippen LogP contribution in [0.25, 0.3) is 5.69 Å². The number of unbranched alkanes of at least 4 members (excludes halogenated alkanes) is 1. The SMILES string of the molecule is CC(C)c1cc(CCCCN2CCN(C(c3ccc(F)cc3)c3ccc(F)cc3)CC2)nn1-c1ccccc1. The minimum absolute atomic E-state index is 0.0109. The normalized spacial score (nSPS) is 14.9. The minimum atomic E-state index is -0.242. The highest BCUT2D eigenvalue weighted by molar-refractivity contribution is 5.35. The lowest BCUT2D eigenvalue weighted by Crippen LogP contribution is -2.48. The van der Waals surface area contributed by atoms with Crippen molar-refractivity contribution in [2.24, 2.45) is 0 Å². The molecule has 0 bridgehead atoms. The monoisotopic (exact) mass is 528 g/mol. The molecule has 0 atom stereocenters. The third-order valence-corrected chi connectivity index (χ3v) is 7.68. The van der Waals surface area contributed by atoms with Gasteiger partial charge < -0.3 is 4.90 Å². The van der Waals surface area contributed by atoms with Crippen LogP contribution in [0.4, 0.5) is 8.78 Å². The predicted octanol–water partition coefficient (Wildman–Crippen LogP) is 7.00. The summed E-state index contributed by atoms with van der Waals surface area (Å²) in [5.74, 6) is -0.0706. The lowest BCUT2D eigenvalue weighted by molar-refractivity contribution is 0.108. The van der Waals surface area contributed by atoms with Crippen molar-refractivity contribution >= 4 is 0 Å². The number of aromatic nitrogens is 2. The first-order valence-electron chi connectivity index (χ1n) is 14.1. The van der Waals surface area contributed by atoms with Crippen LogP contribution in [0, 0.1) is 11.6 Å². The quantitative estimate of drug-likeness (QED) is 0.207. The standard InChI is InChI=1S/C33H38F2N4/c1-25(2)32-24-30(36-39(32)31-9-4-3-5-10-31)8-6-7-19-37-20-22-38(23-21-37)33(26-11-15-28(34)16-12-26)27-13-17-29(35)18-14-27/h3-5,9-18,24-25,33H,6-8,19-23H2,1-2H3. The fraction of sp³-hybridized carbons (Fsp3) is 0.364. The van der Waals surface area contributed by atoms with Crippen LogP contribution in [0.2, 0.25) is 0 Å². The maximum atomic E-state index is 13.6. The summed E-state index contributed by atoms with van der Waals surface area (Å²) in [6, 6.07) is 26.0. The number of halogens is 2. The molecule has 2 heterocycles. The largest absolute Gasteiger partial charge is 0.301 e. The summed E-state index contributed by atoms with van der Waals surface area (Å²) in [6.45, 7) is 9.31. The molecule has 0 amide bonds. The van der Waals surface area contributed by atoms with Crippen molar-refractivity contribution in [3.8, 4) is 5.69 Å². The van der Waals surface area contributed by atoms with Gasteiger partial charge in [0.2, 0.25) is 0 Å². The van der Waals surface area contributed by atoms with Gasteiger partial charge in [-0.05, 0) is 85.3 Å². The van der Waals surface area contributed by atoms with Gasteiger partial charge in [0.15, 0.2) is 0 Å². The van der Waals surface area contributed by atoms with E-state index < -0.39 is 0 Å². The molecule has 0 radical (unpaired) electrons. The van der Waals surface area contributed by atoms with E-state index in [1.165, 1.54) is 30.0 Å². The lowest BCUT2D eigenvalue weighted by atomic mass is 9.96. The maximum Gasteiger partial charge on any atom is 0.123 e. The minimum Gasteiger partial charge on any atom is -0.301 e. The Labute approximate surface area is 230 Å². The smallest absolute Gasteiger partial charge is 0.123 e. The average Bonchev–Trinajstić information content (AvgIpc) is 3.39. The van der Waals surface area contributed by atoms with E-state index in [4.69, 9.17) is 5.10 Å². The molecule has 5 rings (SSSR count). The first-order valence-corrected chi connectivity index (χ1v) is 14.1. The number of piperazine rings is 1. The first kappa shape index (κ1) is 27.2. The van der Waals surface area contributed by atoms with E-state index in [2.05, 4.69) is 58.7 Å². The van der Waals surface area contributed by atoms with Gasteiger partial charge in [-0.1, -0.05) is 56.3 Å². The molecular formula is C33H38F2N4. The number of hydrogen-bond donors (Lipinski definition) is 0. The lowest BCUT2D eigenvalue weighted by Gasteiger charge is -2.40. The van der Waals surface area contributed by atoms with E-state index in [9.17, 15) is 8.78 Å². The zero-order valence-electron chi connectivity index (χ0n) is 22.9. The van der Waals surface area contributed by atoms with E-state index in [1.807, 2.05) is 30.3 Å². The second-order valence-corrected chi connectivity index (χ2v) is 10.8. The summed E-state index contributed by atoms with van der Waals surface area (Å²) < 4.78 is 29.3. The van der Waals surface area contributed by atoms with Gasteiger partial charge in [-0.2, -0.15) is 5.10 Å². The van der Waals surface area contributed by atoms with Crippen molar-refractivity contribution in [1.82, 2.24) is 19.6 Å². The first-order chi connectivity index (χ1) is 19.0. The summed E-state index contributed by atoms with van der Waals surface area (Å²) in [5, 5.41) is 4.93. The summed E-state index contributed by atoms with van der Waals surface area (Å²) in [6.07, 6.45) is 3.22. The zero-order chi connectivity index (χ0) is 27.2. The van der Waals surface area contributed by atoms with Gasteiger partial charge >= 0.3 is 0 Å². The number of rotatable bonds is 10. The molecule has 0 spiro atoms. The Kier molecular flexibility index (Phi) is 8.84. The molecule has 204 valence electrons. The highest BCUT2D eigenvalue weighted by atomic mass is 19.1. The van der Waals surface area contributed by atoms with E-state index in [-0.39, 0.29) is 17.7 Å². The van der Waals surface area contributed by atoms with Crippen LogP contribution in [-0.4, -0.2) is 52.3 Å². The zero-order valence-corrected chi connectivity index (χ0v) is 22.9. The Bertz CT molecular complexity index is 1260. The van der Waals surface area contributed by atoms with Crippen LogP contribution >= 0.6 is 0 Å². The van der Waals surface area contributed by atoms with E-state index in [0.29, 0.717) is 5.92 Å². The summed E-state index contributed by atoms with van der Waals surface area (Å²) in [5.41, 5.74) is 5.60. The Morgan fingerprint density at radius 1 is 0.744 bits per heavy atom.